The molecule has 0 aliphatic heterocycles. The van der Waals surface area contributed by atoms with E-state index in [1.165, 1.54) is 0 Å². The van der Waals surface area contributed by atoms with Crippen LogP contribution in [-0.4, -0.2) is 37.0 Å². The van der Waals surface area contributed by atoms with E-state index in [-0.39, 0.29) is 23.9 Å². The van der Waals surface area contributed by atoms with Crippen LogP contribution >= 0.6 is 11.6 Å². The third-order valence-electron chi connectivity index (χ3n) is 4.28. The maximum absolute atomic E-state index is 12.4. The van der Waals surface area contributed by atoms with Crippen molar-refractivity contribution in [2.24, 2.45) is 0 Å². The highest BCUT2D eigenvalue weighted by Gasteiger charge is 2.23. The van der Waals surface area contributed by atoms with Gasteiger partial charge in [-0.3, -0.25) is 14.8 Å². The summed E-state index contributed by atoms with van der Waals surface area (Å²) in [7, 11) is 0. The van der Waals surface area contributed by atoms with Crippen molar-refractivity contribution in [1.29, 1.82) is 5.26 Å². The fourth-order valence-corrected chi connectivity index (χ4v) is 3.00. The molecule has 1 atom stereocenters. The molecule has 3 rings (SSSR count). The first-order chi connectivity index (χ1) is 14.9. The van der Waals surface area contributed by atoms with Gasteiger partial charge in [0.05, 0.1) is 48.2 Å². The molecule has 31 heavy (non-hydrogen) atoms. The fraction of sp³-hybridized carbons (Fsp3) is 0.200. The average Bonchev–Trinajstić information content (AvgIpc) is 3.14. The third-order valence-corrected chi connectivity index (χ3v) is 4.56. The molecule has 0 saturated carbocycles. The van der Waals surface area contributed by atoms with Gasteiger partial charge in [-0.15, -0.1) is 0 Å². The molecule has 2 heterocycles. The molecule has 0 fully saturated rings. The monoisotopic (exact) mass is 439 g/mol. The van der Waals surface area contributed by atoms with Gasteiger partial charge in [0.1, 0.15) is 16.7 Å². The molecule has 0 aliphatic carbocycles. The topological polar surface area (TPSA) is 157 Å². The number of carboxylic acid groups (broad SMARTS) is 1. The summed E-state index contributed by atoms with van der Waals surface area (Å²) in [5.41, 5.74) is 2.84. The van der Waals surface area contributed by atoms with Crippen LogP contribution in [0.4, 0.5) is 4.79 Å². The van der Waals surface area contributed by atoms with Crippen LogP contribution in [0.25, 0.3) is 11.3 Å². The van der Waals surface area contributed by atoms with Crippen molar-refractivity contribution in [1.82, 2.24) is 30.6 Å². The number of benzene rings is 1. The van der Waals surface area contributed by atoms with Crippen LogP contribution in [0.1, 0.15) is 35.2 Å². The Bertz CT molecular complexity index is 1120. The standard InChI is InChI=1S/C20H18ClN7O3/c1-11-8-24-14(9-23-11)10-25-16(29)6-15(26-20(30)31)19-27-17(18(21)28-19)13-4-2-12(7-22)3-5-13/h2-5,8-9,15,26H,6,10H2,1H3,(H,25,29)(H,27,28)(H,30,31). The number of imidazole rings is 1. The Hall–Kier alpha value is -3.97. The highest BCUT2D eigenvalue weighted by molar-refractivity contribution is 6.31. The predicted octanol–water partition coefficient (Wildman–Crippen LogP) is 2.72. The molecule has 1 aromatic carbocycles. The number of nitrogens with one attached hydrogen (secondary N) is 3. The molecule has 1 unspecified atom stereocenters. The molecule has 2 aromatic heterocycles. The van der Waals surface area contributed by atoms with Crippen LogP contribution in [0.5, 0.6) is 0 Å². The smallest absolute Gasteiger partial charge is 0.405 e. The summed E-state index contributed by atoms with van der Waals surface area (Å²) in [6.07, 6.45) is 1.63. The Morgan fingerprint density at radius 2 is 2.00 bits per heavy atom. The van der Waals surface area contributed by atoms with E-state index in [1.54, 1.807) is 43.6 Å². The molecule has 0 radical (unpaired) electrons. The quantitative estimate of drug-likeness (QED) is 0.440. The van der Waals surface area contributed by atoms with E-state index >= 15 is 0 Å². The van der Waals surface area contributed by atoms with Gasteiger partial charge < -0.3 is 20.7 Å². The van der Waals surface area contributed by atoms with Crippen molar-refractivity contribution in [2.75, 3.05) is 0 Å². The molecule has 0 spiro atoms. The molecule has 2 amide bonds. The number of amides is 2. The fourth-order valence-electron chi connectivity index (χ4n) is 2.75. The summed E-state index contributed by atoms with van der Waals surface area (Å²) in [6.45, 7) is 1.96. The Kier molecular flexibility index (Phi) is 6.79. The minimum Gasteiger partial charge on any atom is -0.465 e. The number of carbonyl (C=O) groups is 2. The highest BCUT2D eigenvalue weighted by atomic mass is 35.5. The van der Waals surface area contributed by atoms with Gasteiger partial charge in [0.2, 0.25) is 5.91 Å². The molecular weight excluding hydrogens is 422 g/mol. The lowest BCUT2D eigenvalue weighted by molar-refractivity contribution is -0.121. The molecular formula is C20H18ClN7O3. The second-order valence-corrected chi connectivity index (χ2v) is 6.98. The largest absolute Gasteiger partial charge is 0.465 e. The van der Waals surface area contributed by atoms with Crippen LogP contribution in [0, 0.1) is 18.3 Å². The van der Waals surface area contributed by atoms with Crippen molar-refractivity contribution in [3.05, 3.63) is 64.6 Å². The maximum atomic E-state index is 12.4. The molecule has 158 valence electrons. The van der Waals surface area contributed by atoms with Crippen molar-refractivity contribution < 1.29 is 14.7 Å². The van der Waals surface area contributed by atoms with Crippen LogP contribution in [-0.2, 0) is 11.3 Å². The van der Waals surface area contributed by atoms with E-state index in [4.69, 9.17) is 16.9 Å². The lowest BCUT2D eigenvalue weighted by Crippen LogP contribution is -2.33. The van der Waals surface area contributed by atoms with Crippen LogP contribution in [0.3, 0.4) is 0 Å². The van der Waals surface area contributed by atoms with Gasteiger partial charge >= 0.3 is 6.09 Å². The number of halogens is 1. The SMILES string of the molecule is Cc1cnc(CNC(=O)CC(NC(=O)O)c2nc(-c3ccc(C#N)cc3)c(Cl)[nH]2)cn1. The minimum atomic E-state index is -1.31. The zero-order valence-electron chi connectivity index (χ0n) is 16.4. The van der Waals surface area contributed by atoms with Crippen molar-refractivity contribution in [3.8, 4) is 17.3 Å². The summed E-state index contributed by atoms with van der Waals surface area (Å²) in [4.78, 5) is 39.1. The van der Waals surface area contributed by atoms with E-state index in [9.17, 15) is 14.7 Å². The number of aromatic amines is 1. The van der Waals surface area contributed by atoms with E-state index in [1.807, 2.05) is 6.07 Å². The van der Waals surface area contributed by atoms with Gasteiger partial charge in [-0.1, -0.05) is 23.7 Å². The number of nitrogens with zero attached hydrogens (tertiary/aromatic N) is 4. The number of aromatic nitrogens is 4. The van der Waals surface area contributed by atoms with E-state index < -0.39 is 18.0 Å². The van der Waals surface area contributed by atoms with Gasteiger partial charge in [0.15, 0.2) is 0 Å². The number of hydrogen-bond donors (Lipinski definition) is 4. The predicted molar refractivity (Wildman–Crippen MR) is 111 cm³/mol. The molecule has 10 nitrogen and oxygen atoms in total. The number of H-pyrrole nitrogens is 1. The van der Waals surface area contributed by atoms with Gasteiger partial charge in [-0.25, -0.2) is 9.78 Å². The number of carbonyl (C=O) groups excluding carboxylic acids is 1. The summed E-state index contributed by atoms with van der Waals surface area (Å²) in [5.74, 6) is -0.217. The van der Waals surface area contributed by atoms with E-state index in [0.717, 1.165) is 5.69 Å². The summed E-state index contributed by atoms with van der Waals surface area (Å²) >= 11 is 6.25. The summed E-state index contributed by atoms with van der Waals surface area (Å²) in [5, 5.41) is 23.2. The first-order valence-corrected chi connectivity index (χ1v) is 9.53. The number of nitriles is 1. The number of aryl methyl sites for hydroxylation is 1. The van der Waals surface area contributed by atoms with Gasteiger partial charge in [0.25, 0.3) is 0 Å². The lowest BCUT2D eigenvalue weighted by Gasteiger charge is -2.14. The van der Waals surface area contributed by atoms with Crippen molar-refractivity contribution in [2.45, 2.75) is 25.9 Å². The second kappa shape index (κ2) is 9.69. The molecule has 0 bridgehead atoms. The highest BCUT2D eigenvalue weighted by Crippen LogP contribution is 2.28. The zero-order valence-corrected chi connectivity index (χ0v) is 17.1. The number of rotatable bonds is 7. The van der Waals surface area contributed by atoms with Crippen LogP contribution in [0.2, 0.25) is 5.15 Å². The van der Waals surface area contributed by atoms with Gasteiger partial charge in [-0.2, -0.15) is 5.26 Å². The van der Waals surface area contributed by atoms with Crippen LogP contribution in [0.15, 0.2) is 36.7 Å². The first kappa shape index (κ1) is 21.7. The zero-order chi connectivity index (χ0) is 22.4. The molecule has 3 aromatic rings. The Labute approximate surface area is 182 Å². The normalized spacial score (nSPS) is 11.4. The molecule has 0 saturated heterocycles. The van der Waals surface area contributed by atoms with Crippen molar-refractivity contribution >= 4 is 23.6 Å². The van der Waals surface area contributed by atoms with Gasteiger partial charge in [-0.05, 0) is 19.1 Å². The first-order valence-electron chi connectivity index (χ1n) is 9.15. The van der Waals surface area contributed by atoms with Crippen LogP contribution < -0.4 is 10.6 Å². The average molecular weight is 440 g/mol. The summed E-state index contributed by atoms with van der Waals surface area (Å²) < 4.78 is 0. The second-order valence-electron chi connectivity index (χ2n) is 6.61. The number of hydrogen-bond acceptors (Lipinski definition) is 6. The van der Waals surface area contributed by atoms with E-state index in [0.29, 0.717) is 22.5 Å². The molecule has 0 aliphatic rings. The molecule has 4 N–H and O–H groups in total. The van der Waals surface area contributed by atoms with Crippen molar-refractivity contribution in [3.63, 3.8) is 0 Å². The Morgan fingerprint density at radius 3 is 2.61 bits per heavy atom. The van der Waals surface area contributed by atoms with E-state index in [2.05, 4.69) is 30.6 Å². The summed E-state index contributed by atoms with van der Waals surface area (Å²) in [6, 6.07) is 7.67. The lowest BCUT2D eigenvalue weighted by atomic mass is 10.1. The molecule has 11 heteroatoms. The Morgan fingerprint density at radius 1 is 1.26 bits per heavy atom. The minimum absolute atomic E-state index is 0.154. The third kappa shape index (κ3) is 5.77. The Balaban J connectivity index is 1.74. The van der Waals surface area contributed by atoms with Gasteiger partial charge in [0, 0.05) is 11.8 Å². The maximum Gasteiger partial charge on any atom is 0.405 e.